The maximum absolute atomic E-state index is 12.0. The van der Waals surface area contributed by atoms with Crippen LogP contribution in [-0.2, 0) is 0 Å². The quantitative estimate of drug-likeness (QED) is 0.483. The topological polar surface area (TPSA) is 101 Å². The summed E-state index contributed by atoms with van der Waals surface area (Å²) in [6.07, 6.45) is 0.172. The third-order valence-corrected chi connectivity index (χ3v) is 3.33. The number of amides is 2. The van der Waals surface area contributed by atoms with Gasteiger partial charge in [-0.25, -0.2) is 4.79 Å². The molecule has 7 heteroatoms. The molecule has 0 unspecified atom stereocenters. The minimum atomic E-state index is -0.538. The molecule has 2 aromatic carbocycles. The lowest BCUT2D eigenvalue weighted by Crippen LogP contribution is -2.30. The fourth-order valence-electron chi connectivity index (χ4n) is 2.05. The van der Waals surface area contributed by atoms with Gasteiger partial charge in [0, 0.05) is 36.3 Å². The van der Waals surface area contributed by atoms with Gasteiger partial charge in [0.25, 0.3) is 5.69 Å². The number of non-ortho nitro benzene ring substituents is 1. The van der Waals surface area contributed by atoms with Crippen LogP contribution >= 0.6 is 0 Å². The van der Waals surface area contributed by atoms with Crippen LogP contribution in [-0.4, -0.2) is 23.3 Å². The van der Waals surface area contributed by atoms with Crippen molar-refractivity contribution in [1.82, 2.24) is 5.32 Å². The number of aryl methyl sites for hydroxylation is 1. The van der Waals surface area contributed by atoms with Crippen molar-refractivity contribution in [2.24, 2.45) is 0 Å². The number of nitrogens with zero attached hydrogens (tertiary/aromatic N) is 1. The third kappa shape index (κ3) is 4.91. The number of urea groups is 1. The molecule has 0 spiro atoms. The van der Waals surface area contributed by atoms with E-state index in [0.29, 0.717) is 11.3 Å². The van der Waals surface area contributed by atoms with E-state index >= 15 is 0 Å². The van der Waals surface area contributed by atoms with E-state index < -0.39 is 11.0 Å². The van der Waals surface area contributed by atoms with Gasteiger partial charge in [-0.05, 0) is 13.0 Å². The zero-order valence-corrected chi connectivity index (χ0v) is 13.1. The molecule has 0 aromatic heterocycles. The number of anilines is 1. The third-order valence-electron chi connectivity index (χ3n) is 3.33. The number of benzene rings is 2. The molecule has 2 rings (SSSR count). The zero-order valence-electron chi connectivity index (χ0n) is 13.1. The number of carbonyl (C=O) groups is 2. The molecule has 2 amide bonds. The number of nitro groups is 1. The molecule has 0 heterocycles. The molecule has 7 nitrogen and oxygen atoms in total. The normalized spacial score (nSPS) is 10.0. The molecule has 0 saturated carbocycles. The van der Waals surface area contributed by atoms with Crippen LogP contribution in [0, 0.1) is 17.0 Å². The maximum Gasteiger partial charge on any atom is 0.319 e. The van der Waals surface area contributed by atoms with Gasteiger partial charge in [0.15, 0.2) is 5.78 Å². The monoisotopic (exact) mass is 327 g/mol. The summed E-state index contributed by atoms with van der Waals surface area (Å²) in [5, 5.41) is 15.7. The highest BCUT2D eigenvalue weighted by atomic mass is 16.6. The van der Waals surface area contributed by atoms with Gasteiger partial charge in [-0.15, -0.1) is 0 Å². The molecule has 0 aliphatic heterocycles. The van der Waals surface area contributed by atoms with Gasteiger partial charge in [0.2, 0.25) is 0 Å². The van der Waals surface area contributed by atoms with E-state index in [1.807, 2.05) is 19.1 Å². The number of nitro benzene ring substituents is 1. The second-order valence-corrected chi connectivity index (χ2v) is 5.23. The SMILES string of the molecule is Cc1ccc(C(=O)CCNC(=O)Nc2cccc([N+](=O)[O-])c2)cc1. The highest BCUT2D eigenvalue weighted by Crippen LogP contribution is 2.16. The first-order valence-corrected chi connectivity index (χ1v) is 7.35. The van der Waals surface area contributed by atoms with Crippen molar-refractivity contribution >= 4 is 23.2 Å². The highest BCUT2D eigenvalue weighted by Gasteiger charge is 2.09. The Morgan fingerprint density at radius 1 is 1.12 bits per heavy atom. The second kappa shape index (κ2) is 7.87. The summed E-state index contributed by atoms with van der Waals surface area (Å²) in [7, 11) is 0. The van der Waals surface area contributed by atoms with E-state index in [1.165, 1.54) is 18.2 Å². The van der Waals surface area contributed by atoms with Gasteiger partial charge in [0.1, 0.15) is 0 Å². The summed E-state index contributed by atoms with van der Waals surface area (Å²) in [5.41, 5.74) is 1.87. The summed E-state index contributed by atoms with van der Waals surface area (Å²) < 4.78 is 0. The first-order valence-electron chi connectivity index (χ1n) is 7.35. The van der Waals surface area contributed by atoms with E-state index in [1.54, 1.807) is 18.2 Å². The van der Waals surface area contributed by atoms with Crippen molar-refractivity contribution in [3.05, 3.63) is 69.8 Å². The Labute approximate surface area is 138 Å². The lowest BCUT2D eigenvalue weighted by atomic mass is 10.1. The first-order chi connectivity index (χ1) is 11.5. The Bertz CT molecular complexity index is 757. The molecular formula is C17H17N3O4. The van der Waals surface area contributed by atoms with Gasteiger partial charge < -0.3 is 10.6 Å². The molecule has 0 fully saturated rings. The minimum absolute atomic E-state index is 0.0642. The predicted octanol–water partition coefficient (Wildman–Crippen LogP) is 3.30. The molecule has 0 radical (unpaired) electrons. The zero-order chi connectivity index (χ0) is 17.5. The molecule has 0 aliphatic rings. The van der Waals surface area contributed by atoms with Gasteiger partial charge in [-0.1, -0.05) is 35.9 Å². The molecule has 0 bridgehead atoms. The average molecular weight is 327 g/mol. The smallest absolute Gasteiger partial charge is 0.319 e. The molecular weight excluding hydrogens is 310 g/mol. The Balaban J connectivity index is 1.81. The fourth-order valence-corrected chi connectivity index (χ4v) is 2.05. The standard InChI is InChI=1S/C17H17N3O4/c1-12-5-7-13(8-6-12)16(21)9-10-18-17(22)19-14-3-2-4-15(11-14)20(23)24/h2-8,11H,9-10H2,1H3,(H2,18,19,22). The number of ketones is 1. The van der Waals surface area contributed by atoms with Crippen LogP contribution < -0.4 is 10.6 Å². The van der Waals surface area contributed by atoms with E-state index in [2.05, 4.69) is 10.6 Å². The van der Waals surface area contributed by atoms with Crippen molar-refractivity contribution in [3.8, 4) is 0 Å². The summed E-state index contributed by atoms with van der Waals surface area (Å²) in [4.78, 5) is 33.9. The highest BCUT2D eigenvalue weighted by molar-refractivity contribution is 5.96. The van der Waals surface area contributed by atoms with Crippen LogP contribution in [0.1, 0.15) is 22.3 Å². The van der Waals surface area contributed by atoms with E-state index in [0.717, 1.165) is 5.56 Å². The van der Waals surface area contributed by atoms with Crippen LogP contribution in [0.4, 0.5) is 16.2 Å². The summed E-state index contributed by atoms with van der Waals surface area (Å²) in [5.74, 6) is -0.0642. The number of hydrogen-bond donors (Lipinski definition) is 2. The summed E-state index contributed by atoms with van der Waals surface area (Å²) >= 11 is 0. The molecule has 24 heavy (non-hydrogen) atoms. The number of Topliss-reactive ketones (excluding diaryl/α,β-unsaturated/α-hetero) is 1. The molecule has 0 atom stereocenters. The number of carbonyl (C=O) groups excluding carboxylic acids is 2. The van der Waals surface area contributed by atoms with Crippen molar-refractivity contribution in [2.75, 3.05) is 11.9 Å². The second-order valence-electron chi connectivity index (χ2n) is 5.23. The molecule has 2 N–H and O–H groups in total. The maximum atomic E-state index is 12.0. The van der Waals surface area contributed by atoms with Crippen molar-refractivity contribution in [2.45, 2.75) is 13.3 Å². The van der Waals surface area contributed by atoms with Gasteiger partial charge >= 0.3 is 6.03 Å². The Morgan fingerprint density at radius 2 is 1.83 bits per heavy atom. The van der Waals surface area contributed by atoms with Crippen LogP contribution in [0.25, 0.3) is 0 Å². The van der Waals surface area contributed by atoms with E-state index in [4.69, 9.17) is 0 Å². The Morgan fingerprint density at radius 3 is 2.50 bits per heavy atom. The van der Waals surface area contributed by atoms with Crippen LogP contribution in [0.5, 0.6) is 0 Å². The number of rotatable bonds is 6. The summed E-state index contributed by atoms with van der Waals surface area (Å²) in [6.45, 7) is 2.11. The first kappa shape index (κ1) is 17.1. The summed E-state index contributed by atoms with van der Waals surface area (Å²) in [6, 6.07) is 12.3. The minimum Gasteiger partial charge on any atom is -0.337 e. The molecule has 0 aliphatic carbocycles. The Hall–Kier alpha value is -3.22. The van der Waals surface area contributed by atoms with Crippen LogP contribution in [0.2, 0.25) is 0 Å². The largest absolute Gasteiger partial charge is 0.337 e. The average Bonchev–Trinajstić information content (AvgIpc) is 2.55. The van der Waals surface area contributed by atoms with Gasteiger partial charge in [0.05, 0.1) is 4.92 Å². The van der Waals surface area contributed by atoms with E-state index in [-0.39, 0.29) is 24.4 Å². The number of nitrogens with one attached hydrogen (secondary N) is 2. The van der Waals surface area contributed by atoms with Gasteiger partial charge in [-0.3, -0.25) is 14.9 Å². The van der Waals surface area contributed by atoms with Crippen molar-refractivity contribution in [1.29, 1.82) is 0 Å². The molecule has 124 valence electrons. The molecule has 0 saturated heterocycles. The van der Waals surface area contributed by atoms with E-state index in [9.17, 15) is 19.7 Å². The van der Waals surface area contributed by atoms with Crippen LogP contribution in [0.15, 0.2) is 48.5 Å². The molecule has 2 aromatic rings. The predicted molar refractivity (Wildman–Crippen MR) is 90.2 cm³/mol. The Kier molecular flexibility index (Phi) is 5.62. The van der Waals surface area contributed by atoms with Gasteiger partial charge in [-0.2, -0.15) is 0 Å². The van der Waals surface area contributed by atoms with Crippen molar-refractivity contribution < 1.29 is 14.5 Å². The lowest BCUT2D eigenvalue weighted by Gasteiger charge is -2.07. The fraction of sp³-hybridized carbons (Fsp3) is 0.176. The van der Waals surface area contributed by atoms with Crippen molar-refractivity contribution in [3.63, 3.8) is 0 Å². The number of hydrogen-bond acceptors (Lipinski definition) is 4. The lowest BCUT2D eigenvalue weighted by molar-refractivity contribution is -0.384. The van der Waals surface area contributed by atoms with Crippen LogP contribution in [0.3, 0.4) is 0 Å².